The molecular formula is C26H30N3O12S+. The minimum absolute atomic E-state index is 0.0145. The highest BCUT2D eigenvalue weighted by Gasteiger charge is 2.77. The van der Waals surface area contributed by atoms with Gasteiger partial charge in [0.05, 0.1) is 74.0 Å². The Hall–Kier alpha value is -3.44. The summed E-state index contributed by atoms with van der Waals surface area (Å²) in [5.41, 5.74) is 0. The lowest BCUT2D eigenvalue weighted by Crippen LogP contribution is -2.58. The van der Waals surface area contributed by atoms with Crippen LogP contribution in [0, 0.1) is 28.6 Å². The van der Waals surface area contributed by atoms with Crippen molar-refractivity contribution in [2.24, 2.45) is 28.8 Å². The molecule has 7 amide bonds. The first-order valence-corrected chi connectivity index (χ1v) is 14.0. The van der Waals surface area contributed by atoms with Crippen LogP contribution in [-0.2, 0) is 43.0 Å². The van der Waals surface area contributed by atoms with Crippen molar-refractivity contribution in [3.63, 3.8) is 0 Å². The first-order valence-electron chi connectivity index (χ1n) is 13.6. The lowest BCUT2D eigenvalue weighted by Gasteiger charge is -2.19. The number of thiol groups is 1. The van der Waals surface area contributed by atoms with E-state index in [4.69, 9.17) is 15.7 Å². The number of ether oxygens (including phenoxy) is 3. The molecule has 7 aliphatic rings. The molecule has 4 bridgehead atoms. The third kappa shape index (κ3) is 4.66. The number of aliphatic hydroxyl groups excluding tert-OH is 1. The summed E-state index contributed by atoms with van der Waals surface area (Å²) in [5.74, 6) is -4.68. The van der Waals surface area contributed by atoms with E-state index < -0.39 is 58.2 Å². The van der Waals surface area contributed by atoms with Crippen LogP contribution >= 0.6 is 12.5 Å². The van der Waals surface area contributed by atoms with Crippen molar-refractivity contribution in [2.45, 2.75) is 44.2 Å². The van der Waals surface area contributed by atoms with Gasteiger partial charge in [-0.25, -0.2) is 24.0 Å². The van der Waals surface area contributed by atoms with Crippen molar-refractivity contribution in [1.29, 1.82) is 1.12 Å². The van der Waals surface area contributed by atoms with E-state index in [-0.39, 0.29) is 68.5 Å². The molecule has 7 aliphatic heterocycles. The smallest absolute Gasteiger partial charge is 0.446 e. The van der Waals surface area contributed by atoms with Gasteiger partial charge in [-0.3, -0.25) is 14.5 Å². The molecular weight excluding hydrogens is 578 g/mol. The molecule has 1 spiro atoms. The summed E-state index contributed by atoms with van der Waals surface area (Å²) in [6.07, 6.45) is 6.43. The molecule has 8 unspecified atom stereocenters. The highest BCUT2D eigenvalue weighted by atomic mass is 32.1. The summed E-state index contributed by atoms with van der Waals surface area (Å²) >= 11 is 1.000. The Morgan fingerprint density at radius 1 is 0.952 bits per heavy atom. The molecule has 16 heteroatoms. The van der Waals surface area contributed by atoms with Crippen LogP contribution in [0.4, 0.5) is 4.79 Å². The predicted molar refractivity (Wildman–Crippen MR) is 141 cm³/mol. The summed E-state index contributed by atoms with van der Waals surface area (Å²) in [5, 5.41) is 10.7. The molecule has 42 heavy (non-hydrogen) atoms. The molecule has 1 N–H and O–H groups in total. The number of imide groups is 7. The number of aliphatic hydroxyl groups is 1. The number of carbonyl (C=O) groups is 7. The Balaban J connectivity index is 0.000000153. The van der Waals surface area contributed by atoms with Crippen molar-refractivity contribution in [3.05, 3.63) is 29.2 Å². The SMILES string of the molecule is CCOC(=O)N=O.O=C1C2C3C=CC(O3)C2C(=O)N1CCO.O=C1CCC(=O)[N+]12C(=O)C1C3C=CC(O3)C1C2=O.[2H]SC. The highest BCUT2D eigenvalue weighted by molar-refractivity contribution is 7.79. The molecule has 0 aromatic heterocycles. The van der Waals surface area contributed by atoms with Crippen molar-refractivity contribution < 1.29 is 57.4 Å². The van der Waals surface area contributed by atoms with Gasteiger partial charge in [-0.1, -0.05) is 28.8 Å². The normalized spacial score (nSPS) is 35.3. The summed E-state index contributed by atoms with van der Waals surface area (Å²) in [6, 6.07) is 0. The first kappa shape index (κ1) is 30.0. The highest BCUT2D eigenvalue weighted by Crippen LogP contribution is 2.50. The number of carbonyl (C=O) groups excluding carboxylic acids is 7. The largest absolute Gasteiger partial charge is 0.470 e. The van der Waals surface area contributed by atoms with Gasteiger partial charge in [-0.2, -0.15) is 12.5 Å². The van der Waals surface area contributed by atoms with Gasteiger partial charge in [0.15, 0.2) is 0 Å². The summed E-state index contributed by atoms with van der Waals surface area (Å²) in [7, 11) is 0. The topological polar surface area (TPSA) is 200 Å². The average molecular weight is 610 g/mol. The molecule has 8 atom stereocenters. The lowest BCUT2D eigenvalue weighted by atomic mass is 9.85. The van der Waals surface area contributed by atoms with Gasteiger partial charge in [0.25, 0.3) is 0 Å². The van der Waals surface area contributed by atoms with Gasteiger partial charge in [0.1, 0.15) is 13.0 Å². The zero-order chi connectivity index (χ0) is 31.6. The molecule has 0 aromatic rings. The maximum absolute atomic E-state index is 12.4. The van der Waals surface area contributed by atoms with Gasteiger partial charge >= 0.3 is 29.7 Å². The number of hydrogen-bond donors (Lipinski definition) is 2. The zero-order valence-corrected chi connectivity index (χ0v) is 23.5. The number of likely N-dealkylation sites (tertiary alicyclic amines) is 1. The second-order valence-electron chi connectivity index (χ2n) is 9.98. The number of hydrogen-bond acceptors (Lipinski definition) is 13. The number of amides is 7. The van der Waals surface area contributed by atoms with E-state index in [2.05, 4.69) is 4.74 Å². The molecule has 0 saturated carbocycles. The van der Waals surface area contributed by atoms with Crippen LogP contribution in [0.25, 0.3) is 0 Å². The number of nitroso groups, excluding NO2 is 1. The molecule has 5 fully saturated rings. The Labute approximate surface area is 245 Å². The molecule has 5 saturated heterocycles. The molecule has 15 nitrogen and oxygen atoms in total. The monoisotopic (exact) mass is 609 g/mol. The maximum atomic E-state index is 12.4. The Morgan fingerprint density at radius 2 is 1.36 bits per heavy atom. The fourth-order valence-corrected chi connectivity index (χ4v) is 6.47. The fourth-order valence-electron chi connectivity index (χ4n) is 6.47. The quantitative estimate of drug-likeness (QED) is 0.139. The van der Waals surface area contributed by atoms with E-state index in [0.717, 1.165) is 17.4 Å². The summed E-state index contributed by atoms with van der Waals surface area (Å²) in [4.78, 5) is 92.5. The first-order chi connectivity index (χ1) is 20.5. The summed E-state index contributed by atoms with van der Waals surface area (Å²) in [6.45, 7) is 1.72. The Morgan fingerprint density at radius 3 is 1.69 bits per heavy atom. The minimum atomic E-state index is -1.17. The number of quaternary nitrogens is 1. The van der Waals surface area contributed by atoms with E-state index in [1.807, 2.05) is 17.3 Å². The van der Waals surface area contributed by atoms with Crippen LogP contribution in [0.5, 0.6) is 0 Å². The van der Waals surface area contributed by atoms with Crippen molar-refractivity contribution in [3.8, 4) is 0 Å². The number of rotatable bonds is 3. The minimum Gasteiger partial charge on any atom is -0.446 e. The molecule has 0 aromatic carbocycles. The number of fused-ring (bicyclic) bond motifs is 10. The maximum Gasteiger partial charge on any atom is 0.470 e. The van der Waals surface area contributed by atoms with Crippen LogP contribution in [0.2, 0.25) is 0 Å². The van der Waals surface area contributed by atoms with Gasteiger partial charge in [0, 0.05) is 0 Å². The van der Waals surface area contributed by atoms with Crippen LogP contribution in [-0.4, -0.2) is 108 Å². The van der Waals surface area contributed by atoms with Gasteiger partial charge in [0.2, 0.25) is 11.8 Å². The van der Waals surface area contributed by atoms with Crippen LogP contribution in [0.15, 0.2) is 29.5 Å². The van der Waals surface area contributed by atoms with Crippen LogP contribution in [0.1, 0.15) is 19.8 Å². The van der Waals surface area contributed by atoms with Crippen LogP contribution in [0.3, 0.4) is 0 Å². The third-order valence-electron chi connectivity index (χ3n) is 8.10. The molecule has 0 aliphatic carbocycles. The van der Waals surface area contributed by atoms with Gasteiger partial charge in [-0.15, -0.1) is 4.91 Å². The number of nitrogens with zero attached hydrogens (tertiary/aromatic N) is 3. The molecule has 7 heterocycles. The Bertz CT molecular complexity index is 1230. The fraction of sp³-hybridized carbons (Fsp3) is 0.577. The van der Waals surface area contributed by atoms with Crippen LogP contribution < -0.4 is 0 Å². The molecule has 0 radical (unpaired) electrons. The molecule has 7 rings (SSSR count). The zero-order valence-electron chi connectivity index (χ0n) is 23.7. The Kier molecular flexibility index (Phi) is 8.89. The standard InChI is InChI=1S/C12H10NO5.C10H11NO4.C3H5NO3.CH4S/c14-7-3-4-8(15)13(7)11(16)9-5-1-2-6(18-5)10(9)12(13)17;12-4-3-11-9(13)7-5-1-2-6(15-5)8(7)10(11)14;1-2-7-3(5)4-6;1-2/h1-2,5-6,9-10H,3-4H2;1-2,5-8,12H,3-4H2;2H2,1H3;2H,1H3/q+1;;;/i/hD. The second-order valence-corrected chi connectivity index (χ2v) is 9.98. The van der Waals surface area contributed by atoms with Gasteiger partial charge in [-0.05, 0) is 13.2 Å². The lowest BCUT2D eigenvalue weighted by molar-refractivity contribution is -0.616. The van der Waals surface area contributed by atoms with E-state index in [1.54, 1.807) is 25.3 Å². The predicted octanol–water partition coefficient (Wildman–Crippen LogP) is -0.341. The van der Waals surface area contributed by atoms with Gasteiger partial charge < -0.3 is 19.3 Å². The second kappa shape index (κ2) is 12.4. The van der Waals surface area contributed by atoms with Crippen molar-refractivity contribution in [2.75, 3.05) is 26.0 Å². The summed E-state index contributed by atoms with van der Waals surface area (Å²) < 4.78 is 20.0. The van der Waals surface area contributed by atoms with E-state index in [1.165, 1.54) is 0 Å². The van der Waals surface area contributed by atoms with E-state index >= 15 is 0 Å². The van der Waals surface area contributed by atoms with Crippen molar-refractivity contribution >= 4 is 54.1 Å². The van der Waals surface area contributed by atoms with Crippen molar-refractivity contribution in [1.82, 2.24) is 4.90 Å². The molecule has 226 valence electrons. The average Bonchev–Trinajstić information content (AvgIpc) is 3.85. The number of β-amino-alcohol motifs (C(OH)–C–C–N with tert-alkyl or cyclic N) is 1. The van der Waals surface area contributed by atoms with E-state index in [0.29, 0.717) is 0 Å². The van der Waals surface area contributed by atoms with E-state index in [9.17, 15) is 38.5 Å². The third-order valence-corrected chi connectivity index (χ3v) is 8.10.